The van der Waals surface area contributed by atoms with Gasteiger partial charge in [-0.25, -0.2) is 4.79 Å². The van der Waals surface area contributed by atoms with Gasteiger partial charge in [0.05, 0.1) is 38.0 Å². The Morgan fingerprint density at radius 2 is 1.81 bits per heavy atom. The van der Waals surface area contributed by atoms with E-state index in [-0.39, 0.29) is 43.6 Å². The number of urea groups is 1. The highest BCUT2D eigenvalue weighted by molar-refractivity contribution is 5.97. The molecule has 13 heteroatoms. The van der Waals surface area contributed by atoms with Crippen LogP contribution in [0.2, 0.25) is 0 Å². The summed E-state index contributed by atoms with van der Waals surface area (Å²) in [4.78, 5) is 49.9. The van der Waals surface area contributed by atoms with Crippen molar-refractivity contribution in [2.45, 2.75) is 45.9 Å². The fourth-order valence-corrected chi connectivity index (χ4v) is 5.97. The number of anilines is 1. The van der Waals surface area contributed by atoms with Gasteiger partial charge in [0.15, 0.2) is 0 Å². The maximum Gasteiger partial charge on any atom is 0.317 e. The lowest BCUT2D eigenvalue weighted by Gasteiger charge is -2.32. The molecule has 0 saturated carbocycles. The van der Waals surface area contributed by atoms with Gasteiger partial charge in [0.1, 0.15) is 17.9 Å². The van der Waals surface area contributed by atoms with E-state index in [9.17, 15) is 14.4 Å². The fraction of sp³-hybridized carbons (Fsp3) is 0.400. The average Bonchev–Trinajstić information content (AvgIpc) is 3.47. The van der Waals surface area contributed by atoms with E-state index in [1.165, 1.54) is 0 Å². The number of fused-ring (bicyclic) bond motifs is 1. The predicted octanol–water partition coefficient (Wildman–Crippen LogP) is 3.16. The Balaban J connectivity index is 1.19. The molecule has 3 N–H and O–H groups in total. The molecule has 0 atom stereocenters. The number of pyridine rings is 1. The van der Waals surface area contributed by atoms with Gasteiger partial charge in [-0.15, -0.1) is 0 Å². The molecule has 1 saturated heterocycles. The zero-order valence-electron chi connectivity index (χ0n) is 28.2. The zero-order valence-corrected chi connectivity index (χ0v) is 28.2. The summed E-state index contributed by atoms with van der Waals surface area (Å²) in [6, 6.07) is 16.0. The number of carbonyl (C=O) groups excluding carboxylic acids is 3. The van der Waals surface area contributed by atoms with Crippen LogP contribution in [0, 0.1) is 13.8 Å². The zero-order chi connectivity index (χ0) is 34.2. The van der Waals surface area contributed by atoms with Crippen molar-refractivity contribution in [3.63, 3.8) is 0 Å². The molecule has 4 amide bonds. The van der Waals surface area contributed by atoms with Crippen molar-refractivity contribution in [3.05, 3.63) is 77.1 Å². The number of imidazole rings is 1. The van der Waals surface area contributed by atoms with Crippen LogP contribution in [-0.4, -0.2) is 90.7 Å². The summed E-state index contributed by atoms with van der Waals surface area (Å²) in [5.41, 5.74) is 6.07. The summed E-state index contributed by atoms with van der Waals surface area (Å²) in [5, 5.41) is 8.61. The Bertz CT molecular complexity index is 1750. The Hall–Kier alpha value is -5.17. The van der Waals surface area contributed by atoms with E-state index in [0.717, 1.165) is 46.4 Å². The van der Waals surface area contributed by atoms with Crippen LogP contribution in [0.4, 0.5) is 10.5 Å². The average molecular weight is 657 g/mol. The first-order valence-corrected chi connectivity index (χ1v) is 16.1. The summed E-state index contributed by atoms with van der Waals surface area (Å²) in [7, 11) is 4.92. The minimum atomic E-state index is -0.256. The van der Waals surface area contributed by atoms with Crippen molar-refractivity contribution in [3.8, 4) is 11.8 Å². The second-order valence-corrected chi connectivity index (χ2v) is 11.9. The number of likely N-dealkylation sites (tertiary alicyclic amines) is 1. The van der Waals surface area contributed by atoms with Crippen LogP contribution in [0.25, 0.3) is 11.0 Å². The highest BCUT2D eigenvalue weighted by Gasteiger charge is 2.23. The standard InChI is InChI=1S/C35H44N8O5/c1-23-12-13-28(41(4)32(45)20-39-31(44)19-38-25-14-17-42(18-15-25)34(46)36-3)24(2)27(23)22-48-30-11-8-10-29-33(30)40-35(47-5)43(29)21-26-9-6-7-16-37-26/h6-13,16,25,38H,14-15,17-22H2,1-5H3,(H,36,46)(H,39,44). The van der Waals surface area contributed by atoms with Crippen LogP contribution in [-0.2, 0) is 22.7 Å². The predicted molar refractivity (Wildman–Crippen MR) is 183 cm³/mol. The topological polar surface area (TPSA) is 143 Å². The summed E-state index contributed by atoms with van der Waals surface area (Å²) in [6.07, 6.45) is 3.29. The lowest BCUT2D eigenvalue weighted by Crippen LogP contribution is -2.49. The van der Waals surface area contributed by atoms with E-state index >= 15 is 0 Å². The quantitative estimate of drug-likeness (QED) is 0.211. The number of aromatic nitrogens is 3. The number of likely N-dealkylation sites (N-methyl/N-ethyl adjacent to an activating group) is 1. The van der Waals surface area contributed by atoms with Crippen molar-refractivity contribution in [1.82, 2.24) is 35.4 Å². The summed E-state index contributed by atoms with van der Waals surface area (Å²) >= 11 is 0. The van der Waals surface area contributed by atoms with Crippen molar-refractivity contribution < 1.29 is 23.9 Å². The third kappa shape index (κ3) is 7.85. The van der Waals surface area contributed by atoms with E-state index in [1.807, 2.05) is 66.9 Å². The fourth-order valence-electron chi connectivity index (χ4n) is 5.97. The third-order valence-electron chi connectivity index (χ3n) is 8.83. The third-order valence-corrected chi connectivity index (χ3v) is 8.83. The monoisotopic (exact) mass is 656 g/mol. The molecule has 0 spiro atoms. The van der Waals surface area contributed by atoms with Gasteiger partial charge in [0, 0.05) is 45.1 Å². The van der Waals surface area contributed by atoms with Crippen molar-refractivity contribution in [2.24, 2.45) is 0 Å². The number of rotatable bonds is 12. The molecule has 13 nitrogen and oxygen atoms in total. The number of para-hydroxylation sites is 1. The molecule has 4 aromatic rings. The second-order valence-electron chi connectivity index (χ2n) is 11.9. The molecule has 2 aromatic carbocycles. The van der Waals surface area contributed by atoms with E-state index in [1.54, 1.807) is 37.2 Å². The summed E-state index contributed by atoms with van der Waals surface area (Å²) in [5.74, 6) is 0.123. The Morgan fingerprint density at radius 1 is 1.02 bits per heavy atom. The van der Waals surface area contributed by atoms with E-state index in [4.69, 9.17) is 14.5 Å². The molecule has 1 fully saturated rings. The van der Waals surface area contributed by atoms with Crippen molar-refractivity contribution >= 4 is 34.6 Å². The number of benzene rings is 2. The lowest BCUT2D eigenvalue weighted by molar-refractivity contribution is -0.124. The van der Waals surface area contributed by atoms with Crippen molar-refractivity contribution in [2.75, 3.05) is 52.3 Å². The Morgan fingerprint density at radius 3 is 2.52 bits per heavy atom. The molecule has 254 valence electrons. The number of ether oxygens (including phenoxy) is 2. The minimum absolute atomic E-state index is 0.0863. The molecule has 48 heavy (non-hydrogen) atoms. The van der Waals surface area contributed by atoms with Gasteiger partial charge in [-0.1, -0.05) is 18.2 Å². The number of hydrogen-bond donors (Lipinski definition) is 3. The van der Waals surface area contributed by atoms with Gasteiger partial charge in [-0.2, -0.15) is 4.98 Å². The van der Waals surface area contributed by atoms with Crippen molar-refractivity contribution in [1.29, 1.82) is 0 Å². The molecular formula is C35H44N8O5. The van der Waals surface area contributed by atoms with E-state index in [0.29, 0.717) is 36.9 Å². The van der Waals surface area contributed by atoms with Gasteiger partial charge >= 0.3 is 6.03 Å². The Labute approximate surface area is 280 Å². The molecule has 3 heterocycles. The van der Waals surface area contributed by atoms with Crippen LogP contribution < -0.4 is 30.3 Å². The molecule has 0 unspecified atom stereocenters. The number of carbonyl (C=O) groups is 3. The van der Waals surface area contributed by atoms with Gasteiger partial charge in [-0.05, 0) is 73.7 Å². The minimum Gasteiger partial charge on any atom is -0.487 e. The molecular weight excluding hydrogens is 612 g/mol. The summed E-state index contributed by atoms with van der Waals surface area (Å²) < 4.78 is 13.9. The lowest BCUT2D eigenvalue weighted by atomic mass is 10.0. The number of hydrogen-bond acceptors (Lipinski definition) is 8. The first kappa shape index (κ1) is 34.2. The van der Waals surface area contributed by atoms with Gasteiger partial charge in [0.25, 0.3) is 6.01 Å². The van der Waals surface area contributed by atoms with Crippen LogP contribution in [0.15, 0.2) is 54.7 Å². The van der Waals surface area contributed by atoms with Gasteiger partial charge in [-0.3, -0.25) is 19.1 Å². The molecule has 0 aliphatic carbocycles. The Kier molecular flexibility index (Phi) is 11.1. The molecule has 1 aliphatic rings. The van der Waals surface area contributed by atoms with Crippen LogP contribution >= 0.6 is 0 Å². The van der Waals surface area contributed by atoms with Gasteiger partial charge in [0.2, 0.25) is 11.8 Å². The number of methoxy groups -OCH3 is 1. The smallest absolute Gasteiger partial charge is 0.317 e. The second kappa shape index (κ2) is 15.6. The number of aryl methyl sites for hydroxylation is 1. The normalized spacial score (nSPS) is 13.3. The summed E-state index contributed by atoms with van der Waals surface area (Å²) in [6.45, 7) is 5.99. The maximum atomic E-state index is 13.1. The highest BCUT2D eigenvalue weighted by Crippen LogP contribution is 2.32. The number of piperidine rings is 1. The van der Waals surface area contributed by atoms with Crippen LogP contribution in [0.5, 0.6) is 11.8 Å². The number of nitrogens with one attached hydrogen (secondary N) is 3. The van der Waals surface area contributed by atoms with Crippen LogP contribution in [0.3, 0.4) is 0 Å². The maximum absolute atomic E-state index is 13.1. The first-order chi connectivity index (χ1) is 23.2. The molecule has 0 bridgehead atoms. The molecule has 0 radical (unpaired) electrons. The molecule has 1 aliphatic heterocycles. The molecule has 5 rings (SSSR count). The number of amides is 4. The van der Waals surface area contributed by atoms with Gasteiger partial charge < -0.3 is 35.2 Å². The largest absolute Gasteiger partial charge is 0.487 e. The van der Waals surface area contributed by atoms with E-state index in [2.05, 4.69) is 20.9 Å². The number of nitrogens with zero attached hydrogens (tertiary/aromatic N) is 5. The highest BCUT2D eigenvalue weighted by atomic mass is 16.5. The SMILES string of the molecule is CNC(=O)N1CCC(NCC(=O)NCC(=O)N(C)c2ccc(C)c(COc3cccc4c3nc(OC)n4Cc3ccccn3)c2C)CC1. The van der Waals surface area contributed by atoms with Crippen LogP contribution in [0.1, 0.15) is 35.2 Å². The van der Waals surface area contributed by atoms with E-state index < -0.39 is 0 Å². The first-order valence-electron chi connectivity index (χ1n) is 16.1. The molecule has 2 aromatic heterocycles.